The summed E-state index contributed by atoms with van der Waals surface area (Å²) in [5.41, 5.74) is 0.914. The molecular formula is C9H5BrClNO. The zero-order valence-electron chi connectivity index (χ0n) is 6.50. The molecule has 13 heavy (non-hydrogen) atoms. The molecule has 0 saturated heterocycles. The van der Waals surface area contributed by atoms with E-state index in [0.29, 0.717) is 10.8 Å². The zero-order valence-corrected chi connectivity index (χ0v) is 8.84. The molecule has 0 atom stereocenters. The summed E-state index contributed by atoms with van der Waals surface area (Å²) in [5.74, 6) is 0.697. The second kappa shape index (κ2) is 3.52. The predicted molar refractivity (Wildman–Crippen MR) is 54.6 cm³/mol. The summed E-state index contributed by atoms with van der Waals surface area (Å²) >= 11 is 9.16. The Kier molecular flexibility index (Phi) is 2.38. The Balaban J connectivity index is 2.53. The van der Waals surface area contributed by atoms with E-state index in [1.165, 1.54) is 0 Å². The highest BCUT2D eigenvalue weighted by Gasteiger charge is 2.07. The molecule has 0 unspecified atom stereocenters. The van der Waals surface area contributed by atoms with Gasteiger partial charge in [-0.3, -0.25) is 0 Å². The third-order valence-corrected chi connectivity index (χ3v) is 2.41. The molecular weight excluding hydrogens is 253 g/mol. The van der Waals surface area contributed by atoms with Gasteiger partial charge < -0.3 is 4.52 Å². The van der Waals surface area contributed by atoms with Crippen LogP contribution in [0.2, 0.25) is 5.02 Å². The van der Waals surface area contributed by atoms with Crippen LogP contribution in [0.25, 0.3) is 11.3 Å². The summed E-state index contributed by atoms with van der Waals surface area (Å²) in [5, 5.41) is 4.34. The lowest BCUT2D eigenvalue weighted by molar-refractivity contribution is 0.432. The minimum atomic E-state index is 0.681. The molecule has 2 nitrogen and oxygen atoms in total. The van der Waals surface area contributed by atoms with Crippen molar-refractivity contribution in [2.45, 2.75) is 0 Å². The molecule has 0 radical (unpaired) electrons. The average Bonchev–Trinajstić information content (AvgIpc) is 2.51. The quantitative estimate of drug-likeness (QED) is 0.778. The van der Waals surface area contributed by atoms with Gasteiger partial charge in [0.2, 0.25) is 0 Å². The summed E-state index contributed by atoms with van der Waals surface area (Å²) in [6, 6.07) is 7.42. The summed E-state index contributed by atoms with van der Waals surface area (Å²) in [6.07, 6.45) is 1.61. The second-order valence-electron chi connectivity index (χ2n) is 2.51. The first kappa shape index (κ1) is 8.78. The lowest BCUT2D eigenvalue weighted by atomic mass is 10.2. The van der Waals surface area contributed by atoms with Gasteiger partial charge in [-0.25, -0.2) is 0 Å². The van der Waals surface area contributed by atoms with Gasteiger partial charge in [0.1, 0.15) is 0 Å². The molecule has 0 spiro atoms. The van der Waals surface area contributed by atoms with Gasteiger partial charge in [-0.1, -0.05) is 28.9 Å². The molecule has 0 bridgehead atoms. The fraction of sp³-hybridized carbons (Fsp3) is 0. The lowest BCUT2D eigenvalue weighted by Crippen LogP contribution is -1.74. The van der Waals surface area contributed by atoms with E-state index in [1.807, 2.05) is 24.3 Å². The van der Waals surface area contributed by atoms with E-state index in [-0.39, 0.29) is 0 Å². The summed E-state index contributed by atoms with van der Waals surface area (Å²) in [7, 11) is 0. The van der Waals surface area contributed by atoms with Crippen LogP contribution in [0.3, 0.4) is 0 Å². The van der Waals surface area contributed by atoms with E-state index in [0.717, 1.165) is 10.0 Å². The number of hydrogen-bond donors (Lipinski definition) is 0. The zero-order chi connectivity index (χ0) is 9.26. The fourth-order valence-corrected chi connectivity index (χ4v) is 1.62. The first-order chi connectivity index (χ1) is 6.27. The van der Waals surface area contributed by atoms with Crippen molar-refractivity contribution < 1.29 is 4.52 Å². The van der Waals surface area contributed by atoms with Crippen molar-refractivity contribution in [1.82, 2.24) is 5.16 Å². The monoisotopic (exact) mass is 257 g/mol. The highest BCUT2D eigenvalue weighted by molar-refractivity contribution is 9.10. The third kappa shape index (κ3) is 1.76. The molecule has 66 valence electrons. The van der Waals surface area contributed by atoms with E-state index >= 15 is 0 Å². The topological polar surface area (TPSA) is 26.0 Å². The van der Waals surface area contributed by atoms with Crippen molar-refractivity contribution in [3.05, 3.63) is 40.0 Å². The normalized spacial score (nSPS) is 10.3. The molecule has 2 aromatic rings. The van der Waals surface area contributed by atoms with E-state index in [4.69, 9.17) is 16.1 Å². The Morgan fingerprint density at radius 1 is 1.38 bits per heavy atom. The molecule has 4 heteroatoms. The van der Waals surface area contributed by atoms with Gasteiger partial charge in [-0.05, 0) is 28.1 Å². The standard InChI is InChI=1S/C9H5BrClNO/c10-8-5-12-13-9(8)6-2-1-3-7(11)4-6/h1-5H. The van der Waals surface area contributed by atoms with E-state index < -0.39 is 0 Å². The summed E-state index contributed by atoms with van der Waals surface area (Å²) in [4.78, 5) is 0. The number of nitrogens with zero attached hydrogens (tertiary/aromatic N) is 1. The van der Waals surface area contributed by atoms with Crippen LogP contribution in [0.1, 0.15) is 0 Å². The van der Waals surface area contributed by atoms with Crippen molar-refractivity contribution in [1.29, 1.82) is 0 Å². The van der Waals surface area contributed by atoms with Crippen molar-refractivity contribution in [3.63, 3.8) is 0 Å². The van der Waals surface area contributed by atoms with Crippen LogP contribution < -0.4 is 0 Å². The van der Waals surface area contributed by atoms with Crippen molar-refractivity contribution in [3.8, 4) is 11.3 Å². The highest BCUT2D eigenvalue weighted by Crippen LogP contribution is 2.29. The van der Waals surface area contributed by atoms with Gasteiger partial charge in [0.05, 0.1) is 10.7 Å². The van der Waals surface area contributed by atoms with Crippen molar-refractivity contribution >= 4 is 27.5 Å². The molecule has 0 aliphatic carbocycles. The van der Waals surface area contributed by atoms with Crippen LogP contribution in [-0.2, 0) is 0 Å². The molecule has 0 fully saturated rings. The molecule has 1 heterocycles. The molecule has 0 N–H and O–H groups in total. The third-order valence-electron chi connectivity index (χ3n) is 1.61. The molecule has 1 aromatic carbocycles. The minimum absolute atomic E-state index is 0.681. The maximum Gasteiger partial charge on any atom is 0.181 e. The Bertz CT molecular complexity index is 427. The maximum atomic E-state index is 5.84. The van der Waals surface area contributed by atoms with Gasteiger partial charge >= 0.3 is 0 Å². The second-order valence-corrected chi connectivity index (χ2v) is 3.80. The smallest absolute Gasteiger partial charge is 0.181 e. The van der Waals surface area contributed by atoms with Gasteiger partial charge in [-0.15, -0.1) is 0 Å². The molecule has 1 aromatic heterocycles. The molecule has 0 aliphatic heterocycles. The maximum absolute atomic E-state index is 5.84. The van der Waals surface area contributed by atoms with Gasteiger partial charge in [-0.2, -0.15) is 0 Å². The average molecular weight is 259 g/mol. The molecule has 0 amide bonds. The van der Waals surface area contributed by atoms with Crippen LogP contribution in [0.4, 0.5) is 0 Å². The number of halogens is 2. The van der Waals surface area contributed by atoms with Crippen LogP contribution in [0, 0.1) is 0 Å². The first-order valence-corrected chi connectivity index (χ1v) is 4.80. The van der Waals surface area contributed by atoms with Crippen LogP contribution in [-0.4, -0.2) is 5.16 Å². The SMILES string of the molecule is Clc1cccc(-c2oncc2Br)c1. The minimum Gasteiger partial charge on any atom is -0.355 e. The number of rotatable bonds is 1. The Hall–Kier alpha value is -0.800. The lowest BCUT2D eigenvalue weighted by Gasteiger charge is -1.96. The van der Waals surface area contributed by atoms with E-state index in [9.17, 15) is 0 Å². The Morgan fingerprint density at radius 3 is 2.85 bits per heavy atom. The number of hydrogen-bond acceptors (Lipinski definition) is 2. The van der Waals surface area contributed by atoms with Crippen molar-refractivity contribution in [2.24, 2.45) is 0 Å². The summed E-state index contributed by atoms with van der Waals surface area (Å²) < 4.78 is 5.88. The predicted octanol–water partition coefficient (Wildman–Crippen LogP) is 3.76. The van der Waals surface area contributed by atoms with Gasteiger partial charge in [0.15, 0.2) is 5.76 Å². The van der Waals surface area contributed by atoms with E-state index in [1.54, 1.807) is 6.20 Å². The van der Waals surface area contributed by atoms with Gasteiger partial charge in [0.25, 0.3) is 0 Å². The Morgan fingerprint density at radius 2 is 2.23 bits per heavy atom. The fourth-order valence-electron chi connectivity index (χ4n) is 1.05. The number of benzene rings is 1. The molecule has 2 rings (SSSR count). The molecule has 0 saturated carbocycles. The van der Waals surface area contributed by atoms with E-state index in [2.05, 4.69) is 21.1 Å². The van der Waals surface area contributed by atoms with Crippen LogP contribution in [0.15, 0.2) is 39.5 Å². The Labute approximate surface area is 88.6 Å². The summed E-state index contributed by atoms with van der Waals surface area (Å²) in [6.45, 7) is 0. The van der Waals surface area contributed by atoms with Crippen LogP contribution >= 0.6 is 27.5 Å². The highest BCUT2D eigenvalue weighted by atomic mass is 79.9. The van der Waals surface area contributed by atoms with Gasteiger partial charge in [0, 0.05) is 10.6 Å². The van der Waals surface area contributed by atoms with Crippen molar-refractivity contribution in [2.75, 3.05) is 0 Å². The van der Waals surface area contributed by atoms with Crippen LogP contribution in [0.5, 0.6) is 0 Å². The first-order valence-electron chi connectivity index (χ1n) is 3.63. The molecule has 0 aliphatic rings. The largest absolute Gasteiger partial charge is 0.355 e. The number of aromatic nitrogens is 1.